The number of benzene rings is 2. The number of aromatic nitrogens is 2. The summed E-state index contributed by atoms with van der Waals surface area (Å²) >= 11 is 0. The number of hydrogen-bond acceptors (Lipinski definition) is 4. The van der Waals surface area contributed by atoms with E-state index in [9.17, 15) is 13.2 Å². The molecular formula is C22H24N4O3S. The van der Waals surface area contributed by atoms with E-state index in [1.165, 1.54) is 10.6 Å². The first-order chi connectivity index (χ1) is 14.2. The van der Waals surface area contributed by atoms with Gasteiger partial charge in [-0.15, -0.1) is 0 Å². The third-order valence-electron chi connectivity index (χ3n) is 5.38. The van der Waals surface area contributed by atoms with Gasteiger partial charge in [-0.3, -0.25) is 9.10 Å². The van der Waals surface area contributed by atoms with Gasteiger partial charge in [0.15, 0.2) is 0 Å². The number of fused-ring (bicyclic) bond motifs is 1. The second-order valence-electron chi connectivity index (χ2n) is 7.70. The van der Waals surface area contributed by atoms with Crippen molar-refractivity contribution in [2.75, 3.05) is 15.9 Å². The van der Waals surface area contributed by atoms with Crippen LogP contribution in [0.4, 0.5) is 11.4 Å². The van der Waals surface area contributed by atoms with Crippen LogP contribution in [0.2, 0.25) is 0 Å². The summed E-state index contributed by atoms with van der Waals surface area (Å²) in [6.45, 7) is 5.64. The summed E-state index contributed by atoms with van der Waals surface area (Å²) in [6, 6.07) is 14.7. The molecule has 0 spiro atoms. The van der Waals surface area contributed by atoms with Crippen molar-refractivity contribution in [3.63, 3.8) is 0 Å². The molecule has 0 bridgehead atoms. The Morgan fingerprint density at radius 2 is 1.83 bits per heavy atom. The molecule has 4 rings (SSSR count). The third-order valence-corrected chi connectivity index (χ3v) is 6.65. The highest BCUT2D eigenvalue weighted by Gasteiger charge is 2.32. The zero-order chi connectivity index (χ0) is 21.6. The normalized spacial score (nSPS) is 15.9. The number of carbonyl (C=O) groups excluding carboxylic acids is 1. The molecule has 0 aliphatic carbocycles. The van der Waals surface area contributed by atoms with Gasteiger partial charge in [0.25, 0.3) is 5.91 Å². The van der Waals surface area contributed by atoms with E-state index in [1.807, 2.05) is 51.1 Å². The van der Waals surface area contributed by atoms with Crippen LogP contribution in [0.5, 0.6) is 0 Å². The fourth-order valence-corrected chi connectivity index (χ4v) is 5.34. The summed E-state index contributed by atoms with van der Waals surface area (Å²) < 4.78 is 27.4. The van der Waals surface area contributed by atoms with Crippen LogP contribution in [0.25, 0.3) is 5.69 Å². The Kier molecular flexibility index (Phi) is 4.89. The van der Waals surface area contributed by atoms with Gasteiger partial charge in [0.2, 0.25) is 10.0 Å². The third kappa shape index (κ3) is 3.47. The van der Waals surface area contributed by atoms with E-state index in [1.54, 1.807) is 22.9 Å². The molecule has 3 aromatic rings. The Labute approximate surface area is 176 Å². The minimum Gasteiger partial charge on any atom is -0.319 e. The summed E-state index contributed by atoms with van der Waals surface area (Å²) in [5, 5.41) is 7.54. The fraction of sp³-hybridized carbons (Fsp3) is 0.273. The van der Waals surface area contributed by atoms with Crippen molar-refractivity contribution in [1.29, 1.82) is 0 Å². The standard InChI is InChI=1S/C22H24N4O3S/c1-14-12-18-13-17(10-11-20(18)26(14)30(4,28)29)22(27)23-21-15(2)24-25(16(21)3)19-8-6-5-7-9-19/h5-11,13-14H,12H2,1-4H3,(H,23,27). The van der Waals surface area contributed by atoms with Crippen LogP contribution in [-0.2, 0) is 16.4 Å². The number of nitrogens with one attached hydrogen (secondary N) is 1. The zero-order valence-corrected chi connectivity index (χ0v) is 18.2. The average molecular weight is 425 g/mol. The van der Waals surface area contributed by atoms with E-state index in [4.69, 9.17) is 0 Å². The minimum atomic E-state index is -3.36. The lowest BCUT2D eigenvalue weighted by Gasteiger charge is -2.21. The van der Waals surface area contributed by atoms with E-state index in [0.29, 0.717) is 23.4 Å². The molecule has 1 aliphatic rings. The van der Waals surface area contributed by atoms with Crippen LogP contribution in [0.1, 0.15) is 34.2 Å². The number of para-hydroxylation sites is 1. The van der Waals surface area contributed by atoms with Gasteiger partial charge in [0.05, 0.1) is 34.7 Å². The molecule has 0 fully saturated rings. The number of amides is 1. The van der Waals surface area contributed by atoms with Crippen molar-refractivity contribution in [2.45, 2.75) is 33.2 Å². The predicted molar refractivity (Wildman–Crippen MR) is 118 cm³/mol. The van der Waals surface area contributed by atoms with Crippen molar-refractivity contribution in [3.05, 3.63) is 71.0 Å². The van der Waals surface area contributed by atoms with Crippen LogP contribution < -0.4 is 9.62 Å². The molecule has 0 saturated heterocycles. The molecule has 0 saturated carbocycles. The number of sulfonamides is 1. The Morgan fingerprint density at radius 3 is 2.50 bits per heavy atom. The minimum absolute atomic E-state index is 0.165. The lowest BCUT2D eigenvalue weighted by molar-refractivity contribution is 0.102. The van der Waals surface area contributed by atoms with Gasteiger partial charge in [0.1, 0.15) is 0 Å². The van der Waals surface area contributed by atoms with Crippen LogP contribution in [0.15, 0.2) is 48.5 Å². The van der Waals surface area contributed by atoms with Gasteiger partial charge >= 0.3 is 0 Å². The number of rotatable bonds is 4. The molecule has 1 N–H and O–H groups in total. The molecule has 30 heavy (non-hydrogen) atoms. The second-order valence-corrected chi connectivity index (χ2v) is 9.56. The van der Waals surface area contributed by atoms with Gasteiger partial charge in [-0.05, 0) is 63.1 Å². The van der Waals surface area contributed by atoms with Crippen molar-refractivity contribution in [3.8, 4) is 5.69 Å². The number of anilines is 2. The first-order valence-electron chi connectivity index (χ1n) is 9.72. The van der Waals surface area contributed by atoms with Gasteiger partial charge in [-0.25, -0.2) is 13.1 Å². The SMILES string of the molecule is Cc1nn(-c2ccccc2)c(C)c1NC(=O)c1ccc2c(c1)CC(C)N2S(C)(=O)=O. The zero-order valence-electron chi connectivity index (χ0n) is 17.4. The fourth-order valence-electron chi connectivity index (χ4n) is 4.08. The molecule has 7 nitrogen and oxygen atoms in total. The Hall–Kier alpha value is -3.13. The summed E-state index contributed by atoms with van der Waals surface area (Å²) in [5.74, 6) is -0.248. The summed E-state index contributed by atoms with van der Waals surface area (Å²) in [5.41, 5.74) is 5.15. The van der Waals surface area contributed by atoms with E-state index >= 15 is 0 Å². The van der Waals surface area contributed by atoms with Crippen LogP contribution >= 0.6 is 0 Å². The van der Waals surface area contributed by atoms with Crippen LogP contribution in [-0.4, -0.2) is 36.4 Å². The van der Waals surface area contributed by atoms with E-state index in [2.05, 4.69) is 10.4 Å². The molecule has 0 radical (unpaired) electrons. The smallest absolute Gasteiger partial charge is 0.255 e. The highest BCUT2D eigenvalue weighted by Crippen LogP contribution is 2.35. The molecule has 1 amide bonds. The predicted octanol–water partition coefficient (Wildman–Crippen LogP) is 3.45. The molecule has 1 atom stereocenters. The maximum Gasteiger partial charge on any atom is 0.255 e. The maximum absolute atomic E-state index is 12.9. The van der Waals surface area contributed by atoms with Gasteiger partial charge in [0, 0.05) is 11.6 Å². The van der Waals surface area contributed by atoms with Crippen molar-refractivity contribution in [2.24, 2.45) is 0 Å². The highest BCUT2D eigenvalue weighted by molar-refractivity contribution is 7.92. The topological polar surface area (TPSA) is 84.3 Å². The number of nitrogens with zero attached hydrogens (tertiary/aromatic N) is 3. The maximum atomic E-state index is 12.9. The molecule has 1 unspecified atom stereocenters. The van der Waals surface area contributed by atoms with Gasteiger partial charge in [-0.1, -0.05) is 18.2 Å². The molecule has 1 aliphatic heterocycles. The van der Waals surface area contributed by atoms with E-state index < -0.39 is 10.0 Å². The first-order valence-corrected chi connectivity index (χ1v) is 11.6. The average Bonchev–Trinajstić information content (AvgIpc) is 3.18. The Morgan fingerprint density at radius 1 is 1.13 bits per heavy atom. The van der Waals surface area contributed by atoms with E-state index in [0.717, 1.165) is 22.6 Å². The van der Waals surface area contributed by atoms with Crippen molar-refractivity contribution >= 4 is 27.3 Å². The first kappa shape index (κ1) is 20.2. The summed E-state index contributed by atoms with van der Waals surface area (Å²) in [7, 11) is -3.36. The monoisotopic (exact) mass is 424 g/mol. The largest absolute Gasteiger partial charge is 0.319 e. The van der Waals surface area contributed by atoms with Crippen LogP contribution in [0, 0.1) is 13.8 Å². The van der Waals surface area contributed by atoms with Gasteiger partial charge < -0.3 is 5.32 Å². The molecule has 8 heteroatoms. The summed E-state index contributed by atoms with van der Waals surface area (Å²) in [6.07, 6.45) is 1.78. The van der Waals surface area contributed by atoms with Gasteiger partial charge in [-0.2, -0.15) is 5.10 Å². The number of aryl methyl sites for hydroxylation is 1. The quantitative estimate of drug-likeness (QED) is 0.695. The van der Waals surface area contributed by atoms with E-state index in [-0.39, 0.29) is 11.9 Å². The Balaban J connectivity index is 1.62. The lowest BCUT2D eigenvalue weighted by Crippen LogP contribution is -2.34. The number of hydrogen-bond donors (Lipinski definition) is 1. The lowest BCUT2D eigenvalue weighted by atomic mass is 10.1. The molecule has 156 valence electrons. The van der Waals surface area contributed by atoms with Crippen molar-refractivity contribution < 1.29 is 13.2 Å². The molecule has 2 aromatic carbocycles. The highest BCUT2D eigenvalue weighted by atomic mass is 32.2. The molecule has 2 heterocycles. The Bertz CT molecular complexity index is 1230. The summed E-state index contributed by atoms with van der Waals surface area (Å²) in [4.78, 5) is 12.9. The van der Waals surface area contributed by atoms with Crippen LogP contribution in [0.3, 0.4) is 0 Å². The number of carbonyl (C=O) groups is 1. The van der Waals surface area contributed by atoms with Crippen molar-refractivity contribution in [1.82, 2.24) is 9.78 Å². The molecule has 1 aromatic heterocycles. The molecular weight excluding hydrogens is 400 g/mol. The second kappa shape index (κ2) is 7.28.